The fraction of sp³-hybridized carbons (Fsp3) is 0.605. The average molecular weight is 693 g/mol. The Morgan fingerprint density at radius 3 is 2.42 bits per heavy atom. The first kappa shape index (κ1) is 37.4. The highest BCUT2D eigenvalue weighted by atomic mass is 16.7. The van der Waals surface area contributed by atoms with E-state index in [-0.39, 0.29) is 36.4 Å². The predicted octanol–water partition coefficient (Wildman–Crippen LogP) is 4.12. The summed E-state index contributed by atoms with van der Waals surface area (Å²) < 4.78 is 11.9. The van der Waals surface area contributed by atoms with Crippen molar-refractivity contribution in [2.45, 2.75) is 71.4 Å². The van der Waals surface area contributed by atoms with Crippen molar-refractivity contribution in [3.8, 4) is 16.9 Å². The first-order valence-corrected chi connectivity index (χ1v) is 17.6. The number of fused-ring (bicyclic) bond motifs is 2. The minimum atomic E-state index is -0.794. The maximum absolute atomic E-state index is 14.5. The van der Waals surface area contributed by atoms with Gasteiger partial charge in [0.2, 0.25) is 5.91 Å². The molecule has 274 valence electrons. The molecule has 1 aliphatic heterocycles. The molecule has 2 aromatic carbocycles. The molecule has 1 saturated heterocycles. The number of methoxy groups -OCH3 is 1. The quantitative estimate of drug-likeness (QED) is 0.318. The van der Waals surface area contributed by atoms with Gasteiger partial charge in [-0.2, -0.15) is 5.06 Å². The SMILES string of the molecule is CNC(=O)c1cc(-c2cccc(CN3O[C@@H](CN)[C@@H]([C@H](C)OC(=O)N(C)C)[C@H]3C(=O)N[C@H]3C[C@H]4C[C@@H]([C@@H]3C)C4(C)C)c2OC)cc(N(C)C)c1. The summed E-state index contributed by atoms with van der Waals surface area (Å²) >= 11 is 0. The second-order valence-electron chi connectivity index (χ2n) is 15.3. The number of nitrogens with zero attached hydrogens (tertiary/aromatic N) is 3. The molecular formula is C38H56N6O6. The minimum absolute atomic E-state index is 0.0367. The molecule has 6 rings (SSSR count). The largest absolute Gasteiger partial charge is 0.496 e. The molecule has 2 aromatic rings. The van der Waals surface area contributed by atoms with Crippen molar-refractivity contribution in [3.63, 3.8) is 0 Å². The predicted molar refractivity (Wildman–Crippen MR) is 194 cm³/mol. The van der Waals surface area contributed by atoms with Crippen LogP contribution in [0, 0.1) is 29.1 Å². The fourth-order valence-electron chi connectivity index (χ4n) is 8.50. The van der Waals surface area contributed by atoms with Gasteiger partial charge in [0.15, 0.2) is 0 Å². The van der Waals surface area contributed by atoms with E-state index in [0.717, 1.165) is 28.8 Å². The number of amides is 3. The number of rotatable bonds is 11. The Balaban J connectivity index is 1.50. The molecule has 2 bridgehead atoms. The Morgan fingerprint density at radius 1 is 1.12 bits per heavy atom. The van der Waals surface area contributed by atoms with Crippen molar-refractivity contribution < 1.29 is 28.7 Å². The lowest BCUT2D eigenvalue weighted by molar-refractivity contribution is -0.175. The Hall–Kier alpha value is -3.87. The van der Waals surface area contributed by atoms with Gasteiger partial charge >= 0.3 is 6.09 Å². The van der Waals surface area contributed by atoms with Gasteiger partial charge in [0, 0.05) is 70.2 Å². The number of anilines is 1. The number of nitrogens with one attached hydrogen (secondary N) is 2. The van der Waals surface area contributed by atoms with E-state index in [1.807, 2.05) is 55.4 Å². The van der Waals surface area contributed by atoms with Crippen LogP contribution in [0.3, 0.4) is 0 Å². The van der Waals surface area contributed by atoms with Crippen molar-refractivity contribution in [1.29, 1.82) is 0 Å². The molecule has 4 N–H and O–H groups in total. The summed E-state index contributed by atoms with van der Waals surface area (Å²) in [5, 5.41) is 7.81. The molecule has 12 nitrogen and oxygen atoms in total. The summed E-state index contributed by atoms with van der Waals surface area (Å²) in [6, 6.07) is 10.8. The maximum Gasteiger partial charge on any atom is 0.409 e. The Morgan fingerprint density at radius 2 is 1.84 bits per heavy atom. The Kier molecular flexibility index (Phi) is 11.0. The molecule has 0 spiro atoms. The molecule has 4 aliphatic rings. The van der Waals surface area contributed by atoms with Gasteiger partial charge in [0.25, 0.3) is 5.91 Å². The lowest BCUT2D eigenvalue weighted by Crippen LogP contribution is -2.62. The third kappa shape index (κ3) is 7.02. The molecule has 0 unspecified atom stereocenters. The van der Waals surface area contributed by atoms with Gasteiger partial charge in [0.1, 0.15) is 17.9 Å². The van der Waals surface area contributed by atoms with E-state index in [1.165, 1.54) is 11.3 Å². The van der Waals surface area contributed by atoms with E-state index in [0.29, 0.717) is 29.1 Å². The van der Waals surface area contributed by atoms with Crippen molar-refractivity contribution in [1.82, 2.24) is 20.6 Å². The smallest absolute Gasteiger partial charge is 0.409 e. The van der Waals surface area contributed by atoms with Gasteiger partial charge in [-0.05, 0) is 66.7 Å². The number of ether oxygens (including phenoxy) is 2. The molecule has 0 aromatic heterocycles. The van der Waals surface area contributed by atoms with Crippen molar-refractivity contribution in [2.24, 2.45) is 34.8 Å². The number of carbonyl (C=O) groups excluding carboxylic acids is 3. The van der Waals surface area contributed by atoms with Crippen LogP contribution in [0.4, 0.5) is 10.5 Å². The highest BCUT2D eigenvalue weighted by molar-refractivity contribution is 5.97. The summed E-state index contributed by atoms with van der Waals surface area (Å²) in [5.74, 6) is 1.15. The zero-order chi connectivity index (χ0) is 36.7. The molecule has 4 fully saturated rings. The molecule has 50 heavy (non-hydrogen) atoms. The number of benzene rings is 2. The number of hydrogen-bond donors (Lipinski definition) is 3. The van der Waals surface area contributed by atoms with Gasteiger partial charge in [-0.1, -0.05) is 39.0 Å². The average Bonchev–Trinajstić information content (AvgIpc) is 3.46. The third-order valence-corrected chi connectivity index (χ3v) is 11.6. The van der Waals surface area contributed by atoms with Crippen LogP contribution in [-0.4, -0.2) is 101 Å². The van der Waals surface area contributed by atoms with Crippen molar-refractivity contribution >= 4 is 23.6 Å². The van der Waals surface area contributed by atoms with Crippen LogP contribution in [0.5, 0.6) is 5.75 Å². The first-order valence-electron chi connectivity index (χ1n) is 17.6. The minimum Gasteiger partial charge on any atom is -0.496 e. The van der Waals surface area contributed by atoms with E-state index in [2.05, 4.69) is 31.4 Å². The molecule has 0 radical (unpaired) electrons. The van der Waals surface area contributed by atoms with E-state index < -0.39 is 30.3 Å². The van der Waals surface area contributed by atoms with Crippen LogP contribution in [0.15, 0.2) is 36.4 Å². The van der Waals surface area contributed by atoms with Crippen LogP contribution in [0.2, 0.25) is 0 Å². The number of carbonyl (C=O) groups is 3. The lowest BCUT2D eigenvalue weighted by atomic mass is 9.45. The van der Waals surface area contributed by atoms with Crippen LogP contribution < -0.4 is 26.0 Å². The van der Waals surface area contributed by atoms with Crippen LogP contribution >= 0.6 is 0 Å². The Labute approximate surface area is 296 Å². The highest BCUT2D eigenvalue weighted by Crippen LogP contribution is 2.61. The van der Waals surface area contributed by atoms with Crippen molar-refractivity contribution in [2.75, 3.05) is 53.8 Å². The topological polar surface area (TPSA) is 139 Å². The van der Waals surface area contributed by atoms with E-state index >= 15 is 0 Å². The number of nitrogens with two attached hydrogens (primary N) is 1. The molecule has 3 aliphatic carbocycles. The van der Waals surface area contributed by atoms with Crippen LogP contribution in [-0.2, 0) is 20.9 Å². The number of hydroxylamine groups is 2. The summed E-state index contributed by atoms with van der Waals surface area (Å²) in [5.41, 5.74) is 10.3. The van der Waals surface area contributed by atoms with Crippen molar-refractivity contribution in [3.05, 3.63) is 47.5 Å². The first-order chi connectivity index (χ1) is 23.6. The van der Waals surface area contributed by atoms with Gasteiger partial charge in [-0.3, -0.25) is 14.4 Å². The van der Waals surface area contributed by atoms with Gasteiger partial charge in [-0.15, -0.1) is 0 Å². The molecule has 3 amide bonds. The van der Waals surface area contributed by atoms with Crippen LogP contribution in [0.25, 0.3) is 11.1 Å². The lowest BCUT2D eigenvalue weighted by Gasteiger charge is -2.62. The monoisotopic (exact) mass is 692 g/mol. The van der Waals surface area contributed by atoms with E-state index in [9.17, 15) is 14.4 Å². The summed E-state index contributed by atoms with van der Waals surface area (Å²) in [6.07, 6.45) is 0.389. The van der Waals surface area contributed by atoms with Crippen LogP contribution in [0.1, 0.15) is 56.5 Å². The zero-order valence-electron chi connectivity index (χ0n) is 31.3. The van der Waals surface area contributed by atoms with Gasteiger partial charge < -0.3 is 35.6 Å². The maximum atomic E-state index is 14.5. The molecule has 1 heterocycles. The normalized spacial score (nSPS) is 27.5. The highest BCUT2D eigenvalue weighted by Gasteiger charge is 2.57. The van der Waals surface area contributed by atoms with Gasteiger partial charge in [-0.25, -0.2) is 4.79 Å². The van der Waals surface area contributed by atoms with E-state index in [4.69, 9.17) is 20.0 Å². The summed E-state index contributed by atoms with van der Waals surface area (Å²) in [4.78, 5) is 49.7. The second kappa shape index (κ2) is 14.8. The molecule has 3 saturated carbocycles. The van der Waals surface area contributed by atoms with E-state index in [1.54, 1.807) is 40.2 Å². The molecular weight excluding hydrogens is 636 g/mol. The third-order valence-electron chi connectivity index (χ3n) is 11.6. The number of hydrogen-bond acceptors (Lipinski definition) is 9. The fourth-order valence-corrected chi connectivity index (χ4v) is 8.50. The standard InChI is InChI=1S/C38H56N6O6/c1-21-29-17-26(38(29,3)4)18-30(21)41-36(46)33-32(22(2)49-37(47)43(8)9)31(19-39)50-44(33)20-23-12-11-13-28(34(23)48-10)24-14-25(35(45)40-5)16-27(15-24)42(6)7/h11-16,21-22,26,29-33H,17-20,39H2,1-10H3,(H,40,45)(H,41,46)/t21-,22-,26+,29-,30-,31-,32+,33-/m0/s1. The Bertz CT molecular complexity index is 1580. The summed E-state index contributed by atoms with van der Waals surface area (Å²) in [6.45, 7) is 9.05. The second-order valence-corrected chi connectivity index (χ2v) is 15.3. The van der Waals surface area contributed by atoms with Gasteiger partial charge in [0.05, 0.1) is 25.7 Å². The molecule has 12 heteroatoms. The zero-order valence-corrected chi connectivity index (χ0v) is 31.3. The molecule has 8 atom stereocenters. The summed E-state index contributed by atoms with van der Waals surface area (Å²) in [7, 11) is 10.3. The number of para-hydroxylation sites is 1.